The van der Waals surface area contributed by atoms with Crippen molar-refractivity contribution in [2.75, 3.05) is 12.0 Å². The quantitative estimate of drug-likeness (QED) is 0.692. The summed E-state index contributed by atoms with van der Waals surface area (Å²) in [6, 6.07) is 14.7. The molecule has 140 valence electrons. The minimum Gasteiger partial charge on any atom is -0.495 e. The van der Waals surface area contributed by atoms with E-state index in [1.54, 1.807) is 36.4 Å². The van der Waals surface area contributed by atoms with Gasteiger partial charge in [0.15, 0.2) is 0 Å². The lowest BCUT2D eigenvalue weighted by molar-refractivity contribution is 0.0922. The Bertz CT molecular complexity index is 1070. The second-order valence-corrected chi connectivity index (χ2v) is 6.14. The molecule has 28 heavy (non-hydrogen) atoms. The number of hydrogen-bond acceptors (Lipinski definition) is 5. The molecule has 3 amide bonds. The minimum atomic E-state index is -0.495. The van der Waals surface area contributed by atoms with E-state index in [9.17, 15) is 14.4 Å². The van der Waals surface area contributed by atoms with E-state index >= 15 is 0 Å². The third-order valence-corrected chi connectivity index (χ3v) is 4.48. The number of benzene rings is 2. The Morgan fingerprint density at radius 3 is 2.57 bits per heavy atom. The summed E-state index contributed by atoms with van der Waals surface area (Å²) in [7, 11) is 1.47. The largest absolute Gasteiger partial charge is 0.495 e. The van der Waals surface area contributed by atoms with Crippen molar-refractivity contribution in [3.63, 3.8) is 0 Å². The monoisotopic (exact) mass is 376 g/mol. The number of rotatable bonds is 5. The predicted molar refractivity (Wildman–Crippen MR) is 100 cm³/mol. The lowest BCUT2D eigenvalue weighted by Gasteiger charge is -2.16. The number of nitrogens with one attached hydrogen (secondary N) is 1. The van der Waals surface area contributed by atoms with Gasteiger partial charge in [-0.05, 0) is 42.5 Å². The van der Waals surface area contributed by atoms with Gasteiger partial charge >= 0.3 is 0 Å². The number of amides is 3. The summed E-state index contributed by atoms with van der Waals surface area (Å²) >= 11 is 0. The van der Waals surface area contributed by atoms with Crippen LogP contribution in [0.2, 0.25) is 0 Å². The van der Waals surface area contributed by atoms with E-state index in [0.717, 1.165) is 4.90 Å². The minimum absolute atomic E-state index is 0.182. The summed E-state index contributed by atoms with van der Waals surface area (Å²) in [5, 5.41) is 2.72. The van der Waals surface area contributed by atoms with Gasteiger partial charge in [0.05, 0.1) is 36.7 Å². The number of furan rings is 1. The number of fused-ring (bicyclic) bond motifs is 1. The van der Waals surface area contributed by atoms with Gasteiger partial charge in [0.25, 0.3) is 17.7 Å². The Morgan fingerprint density at radius 1 is 1.04 bits per heavy atom. The SMILES string of the molecule is COc1ccccc1N1C(=O)c2ccc(C(=O)NCc3ccco3)cc2C1=O. The molecule has 1 aromatic heterocycles. The van der Waals surface area contributed by atoms with Crippen molar-refractivity contribution in [2.45, 2.75) is 6.54 Å². The zero-order valence-corrected chi connectivity index (χ0v) is 15.0. The maximum Gasteiger partial charge on any atom is 0.266 e. The number of para-hydroxylation sites is 2. The Balaban J connectivity index is 1.61. The van der Waals surface area contributed by atoms with Crippen LogP contribution in [0.15, 0.2) is 65.3 Å². The van der Waals surface area contributed by atoms with Gasteiger partial charge in [-0.2, -0.15) is 0 Å². The number of carbonyl (C=O) groups excluding carboxylic acids is 3. The number of imide groups is 1. The summed E-state index contributed by atoms with van der Waals surface area (Å²) in [5.74, 6) is -0.288. The van der Waals surface area contributed by atoms with Gasteiger partial charge in [0.1, 0.15) is 11.5 Å². The summed E-state index contributed by atoms with van der Waals surface area (Å²) in [5.41, 5.74) is 1.08. The molecule has 0 atom stereocenters. The van der Waals surface area contributed by atoms with Gasteiger partial charge in [0.2, 0.25) is 0 Å². The van der Waals surface area contributed by atoms with Crippen molar-refractivity contribution in [3.05, 3.63) is 83.3 Å². The maximum atomic E-state index is 12.9. The van der Waals surface area contributed by atoms with Crippen LogP contribution in [0.4, 0.5) is 5.69 Å². The standard InChI is InChI=1S/C21H16N2O5/c1-27-18-7-3-2-6-17(18)23-20(25)15-9-8-13(11-16(15)21(23)26)19(24)22-12-14-5-4-10-28-14/h2-11H,12H2,1H3,(H,22,24). The second kappa shape index (κ2) is 7.03. The molecule has 0 radical (unpaired) electrons. The van der Waals surface area contributed by atoms with Crippen molar-refractivity contribution in [3.8, 4) is 5.75 Å². The molecule has 1 aliphatic heterocycles. The molecule has 0 aliphatic carbocycles. The average molecular weight is 376 g/mol. The van der Waals surface area contributed by atoms with Crippen molar-refractivity contribution < 1.29 is 23.5 Å². The first-order valence-electron chi connectivity index (χ1n) is 8.56. The molecule has 0 unspecified atom stereocenters. The highest BCUT2D eigenvalue weighted by molar-refractivity contribution is 6.35. The number of nitrogens with zero attached hydrogens (tertiary/aromatic N) is 1. The third kappa shape index (κ3) is 2.92. The van der Waals surface area contributed by atoms with Crippen LogP contribution in [0.25, 0.3) is 0 Å². The fourth-order valence-electron chi connectivity index (χ4n) is 3.10. The first-order valence-corrected chi connectivity index (χ1v) is 8.56. The molecule has 0 spiro atoms. The third-order valence-electron chi connectivity index (χ3n) is 4.48. The molecule has 0 saturated heterocycles. The van der Waals surface area contributed by atoms with E-state index < -0.39 is 11.8 Å². The molecule has 0 bridgehead atoms. The summed E-state index contributed by atoms with van der Waals surface area (Å²) in [4.78, 5) is 39.1. The average Bonchev–Trinajstić information content (AvgIpc) is 3.33. The smallest absolute Gasteiger partial charge is 0.266 e. The van der Waals surface area contributed by atoms with Crippen LogP contribution in [0, 0.1) is 0 Å². The first-order chi connectivity index (χ1) is 13.6. The molecule has 3 aromatic rings. The molecule has 2 aromatic carbocycles. The summed E-state index contributed by atoms with van der Waals surface area (Å²) < 4.78 is 10.4. The topological polar surface area (TPSA) is 88.8 Å². The highest BCUT2D eigenvalue weighted by atomic mass is 16.5. The highest BCUT2D eigenvalue weighted by Gasteiger charge is 2.38. The normalized spacial score (nSPS) is 12.8. The molecule has 4 rings (SSSR count). The Kier molecular flexibility index (Phi) is 4.41. The van der Waals surface area contributed by atoms with Crippen molar-refractivity contribution in [2.24, 2.45) is 0 Å². The van der Waals surface area contributed by atoms with Crippen molar-refractivity contribution in [1.82, 2.24) is 5.32 Å². The fraction of sp³-hybridized carbons (Fsp3) is 0.0952. The van der Waals surface area contributed by atoms with Crippen molar-refractivity contribution in [1.29, 1.82) is 0 Å². The zero-order chi connectivity index (χ0) is 19.7. The fourth-order valence-corrected chi connectivity index (χ4v) is 3.10. The first kappa shape index (κ1) is 17.5. The molecule has 7 heteroatoms. The van der Waals surface area contributed by atoms with Crippen LogP contribution < -0.4 is 15.0 Å². The molecule has 1 aliphatic rings. The van der Waals surface area contributed by atoms with Crippen LogP contribution in [-0.4, -0.2) is 24.8 Å². The van der Waals surface area contributed by atoms with Crippen LogP contribution in [0.1, 0.15) is 36.8 Å². The van der Waals surface area contributed by atoms with Gasteiger partial charge < -0.3 is 14.5 Å². The van der Waals surface area contributed by atoms with E-state index in [-0.39, 0.29) is 29.1 Å². The van der Waals surface area contributed by atoms with E-state index in [0.29, 0.717) is 17.2 Å². The van der Waals surface area contributed by atoms with Gasteiger partial charge in [0, 0.05) is 5.56 Å². The van der Waals surface area contributed by atoms with Crippen LogP contribution in [0.5, 0.6) is 5.75 Å². The number of anilines is 1. The molecule has 2 heterocycles. The van der Waals surface area contributed by atoms with Crippen LogP contribution >= 0.6 is 0 Å². The van der Waals surface area contributed by atoms with E-state index in [1.807, 2.05) is 0 Å². The number of hydrogen-bond donors (Lipinski definition) is 1. The Morgan fingerprint density at radius 2 is 1.82 bits per heavy atom. The van der Waals surface area contributed by atoms with E-state index in [2.05, 4.69) is 5.32 Å². The highest BCUT2D eigenvalue weighted by Crippen LogP contribution is 2.34. The van der Waals surface area contributed by atoms with Gasteiger partial charge in [-0.15, -0.1) is 0 Å². The molecule has 7 nitrogen and oxygen atoms in total. The molecule has 0 fully saturated rings. The Labute approximate surface area is 160 Å². The Hall–Kier alpha value is -3.87. The summed E-state index contributed by atoms with van der Waals surface area (Å²) in [6.07, 6.45) is 1.52. The van der Waals surface area contributed by atoms with Crippen molar-refractivity contribution >= 4 is 23.4 Å². The number of methoxy groups -OCH3 is 1. The lowest BCUT2D eigenvalue weighted by Crippen LogP contribution is -2.29. The van der Waals surface area contributed by atoms with E-state index in [4.69, 9.17) is 9.15 Å². The second-order valence-electron chi connectivity index (χ2n) is 6.14. The number of ether oxygens (including phenoxy) is 1. The van der Waals surface area contributed by atoms with Gasteiger partial charge in [-0.25, -0.2) is 4.90 Å². The molecular weight excluding hydrogens is 360 g/mol. The summed E-state index contributed by atoms with van der Waals surface area (Å²) in [6.45, 7) is 0.225. The number of carbonyl (C=O) groups is 3. The van der Waals surface area contributed by atoms with Gasteiger partial charge in [-0.1, -0.05) is 12.1 Å². The zero-order valence-electron chi connectivity index (χ0n) is 15.0. The van der Waals surface area contributed by atoms with Crippen LogP contribution in [0.3, 0.4) is 0 Å². The molecule has 0 saturated carbocycles. The lowest BCUT2D eigenvalue weighted by atomic mass is 10.1. The maximum absolute atomic E-state index is 12.9. The molecular formula is C21H16N2O5. The van der Waals surface area contributed by atoms with E-state index in [1.165, 1.54) is 31.6 Å². The molecule has 1 N–H and O–H groups in total. The predicted octanol–water partition coefficient (Wildman–Crippen LogP) is 3.02. The van der Waals surface area contributed by atoms with Crippen LogP contribution in [-0.2, 0) is 6.54 Å². The van der Waals surface area contributed by atoms with Gasteiger partial charge in [-0.3, -0.25) is 14.4 Å².